The van der Waals surface area contributed by atoms with E-state index in [1.165, 1.54) is 6.42 Å². The van der Waals surface area contributed by atoms with Crippen molar-refractivity contribution in [1.82, 2.24) is 15.2 Å². The fourth-order valence-corrected chi connectivity index (χ4v) is 3.54. The van der Waals surface area contributed by atoms with Gasteiger partial charge in [0.15, 0.2) is 0 Å². The van der Waals surface area contributed by atoms with E-state index in [-0.39, 0.29) is 6.03 Å². The number of aromatic nitrogens is 1. The molecule has 3 rings (SSSR count). The predicted molar refractivity (Wildman–Crippen MR) is 106 cm³/mol. The third kappa shape index (κ3) is 4.91. The molecule has 0 aliphatic carbocycles. The second kappa shape index (κ2) is 9.14. The van der Waals surface area contributed by atoms with Crippen molar-refractivity contribution < 1.29 is 4.79 Å². The number of amides is 2. The van der Waals surface area contributed by atoms with Crippen molar-refractivity contribution in [3.05, 3.63) is 34.5 Å². The van der Waals surface area contributed by atoms with Crippen LogP contribution in [0.15, 0.2) is 18.2 Å². The second-order valence-corrected chi connectivity index (χ2v) is 7.02. The van der Waals surface area contributed by atoms with Gasteiger partial charge in [-0.25, -0.2) is 4.79 Å². The second-order valence-electron chi connectivity index (χ2n) is 6.62. The predicted octanol–water partition coefficient (Wildman–Crippen LogP) is 5.67. The molecule has 25 heavy (non-hydrogen) atoms. The molecule has 1 aliphatic heterocycles. The van der Waals surface area contributed by atoms with Gasteiger partial charge in [-0.2, -0.15) is 0 Å². The van der Waals surface area contributed by atoms with Gasteiger partial charge in [-0.3, -0.25) is 0 Å². The lowest BCUT2D eigenvalue weighted by Crippen LogP contribution is -2.42. The number of H-pyrrole nitrogens is 1. The zero-order chi connectivity index (χ0) is 18.4. The van der Waals surface area contributed by atoms with Gasteiger partial charge in [0.1, 0.15) is 0 Å². The monoisotopic (exact) mass is 363 g/mol. The minimum atomic E-state index is 0.0317. The van der Waals surface area contributed by atoms with Crippen LogP contribution in [0.3, 0.4) is 0 Å². The van der Waals surface area contributed by atoms with Gasteiger partial charge in [0.2, 0.25) is 0 Å². The summed E-state index contributed by atoms with van der Waals surface area (Å²) >= 11 is 6.35. The Labute approximate surface area is 155 Å². The van der Waals surface area contributed by atoms with E-state index in [1.807, 2.05) is 24.8 Å². The molecule has 2 heterocycles. The summed E-state index contributed by atoms with van der Waals surface area (Å²) in [6.45, 7) is 10.5. The number of urea groups is 1. The number of rotatable bonds is 3. The molecule has 138 valence electrons. The van der Waals surface area contributed by atoms with Crippen LogP contribution in [-0.2, 0) is 6.54 Å². The summed E-state index contributed by atoms with van der Waals surface area (Å²) < 4.78 is 0. The number of hydrogen-bond donors (Lipinski definition) is 2. The normalized spacial score (nSPS) is 14.4. The molecule has 0 saturated carbocycles. The number of likely N-dealkylation sites (tertiary alicyclic amines) is 1. The number of halogens is 1. The molecule has 2 N–H and O–H groups in total. The van der Waals surface area contributed by atoms with E-state index in [1.54, 1.807) is 0 Å². The molecule has 5 heteroatoms. The maximum Gasteiger partial charge on any atom is 0.317 e. The standard InChI is InChI=1S/C18H24ClN3O.C2H6/c1-12(2)15-10-17-13(9-16(15)19)8-14(21-17)11-20-18(23)22-6-4-3-5-7-22;1-2/h8-10,12,21H,3-7,11H2,1-2H3,(H,20,23);1-2H3. The van der Waals surface area contributed by atoms with Gasteiger partial charge >= 0.3 is 6.03 Å². The maximum absolute atomic E-state index is 12.2. The van der Waals surface area contributed by atoms with Gasteiger partial charge in [0, 0.05) is 34.7 Å². The molecule has 1 aromatic carbocycles. The SMILES string of the molecule is CC.CC(C)c1cc2[nH]c(CNC(=O)N3CCCCC3)cc2cc1Cl. The number of nitrogens with one attached hydrogen (secondary N) is 2. The minimum Gasteiger partial charge on any atom is -0.357 e. The van der Waals surface area contributed by atoms with Crippen LogP contribution in [0.25, 0.3) is 10.9 Å². The Morgan fingerprint density at radius 2 is 1.88 bits per heavy atom. The number of nitrogens with zero attached hydrogens (tertiary/aromatic N) is 1. The zero-order valence-electron chi connectivity index (χ0n) is 15.8. The van der Waals surface area contributed by atoms with Gasteiger partial charge in [0.05, 0.1) is 6.54 Å². The Balaban J connectivity index is 0.00000109. The molecule has 2 aromatic rings. The van der Waals surface area contributed by atoms with Gasteiger partial charge < -0.3 is 15.2 Å². The first-order valence-corrected chi connectivity index (χ1v) is 9.76. The minimum absolute atomic E-state index is 0.0317. The highest BCUT2D eigenvalue weighted by Crippen LogP contribution is 2.29. The van der Waals surface area contributed by atoms with E-state index < -0.39 is 0 Å². The number of carbonyl (C=O) groups is 1. The highest BCUT2D eigenvalue weighted by Gasteiger charge is 2.16. The average molecular weight is 364 g/mol. The number of piperidine rings is 1. The van der Waals surface area contributed by atoms with E-state index in [0.29, 0.717) is 12.5 Å². The van der Waals surface area contributed by atoms with Crippen LogP contribution in [0.5, 0.6) is 0 Å². The molecule has 4 nitrogen and oxygen atoms in total. The first-order chi connectivity index (χ1) is 12.0. The van der Waals surface area contributed by atoms with Crippen LogP contribution in [0.2, 0.25) is 5.02 Å². The molecule has 1 aliphatic rings. The molecule has 0 unspecified atom stereocenters. The summed E-state index contributed by atoms with van der Waals surface area (Å²) in [5, 5.41) is 4.89. The van der Waals surface area contributed by atoms with Gasteiger partial charge in [-0.1, -0.05) is 39.3 Å². The molecule has 1 saturated heterocycles. The highest BCUT2D eigenvalue weighted by atomic mass is 35.5. The number of hydrogen-bond acceptors (Lipinski definition) is 1. The highest BCUT2D eigenvalue weighted by molar-refractivity contribution is 6.32. The van der Waals surface area contributed by atoms with Crippen LogP contribution >= 0.6 is 11.6 Å². The first kappa shape index (κ1) is 19.6. The topological polar surface area (TPSA) is 48.1 Å². The Bertz CT molecular complexity index is 702. The van der Waals surface area contributed by atoms with Gasteiger partial charge in [-0.15, -0.1) is 0 Å². The molecular formula is C20H30ClN3O. The molecular weight excluding hydrogens is 334 g/mol. The number of aromatic amines is 1. The van der Waals surface area contributed by atoms with Crippen LogP contribution < -0.4 is 5.32 Å². The third-order valence-electron chi connectivity index (χ3n) is 4.49. The quantitative estimate of drug-likeness (QED) is 0.725. The van der Waals surface area contributed by atoms with E-state index in [4.69, 9.17) is 11.6 Å². The number of fused-ring (bicyclic) bond motifs is 1. The summed E-state index contributed by atoms with van der Waals surface area (Å²) in [7, 11) is 0. The lowest BCUT2D eigenvalue weighted by Gasteiger charge is -2.26. The lowest BCUT2D eigenvalue weighted by atomic mass is 10.0. The van der Waals surface area contributed by atoms with Crippen LogP contribution in [-0.4, -0.2) is 29.0 Å². The Morgan fingerprint density at radius 3 is 2.52 bits per heavy atom. The van der Waals surface area contributed by atoms with Crippen molar-refractivity contribution in [3.8, 4) is 0 Å². The smallest absolute Gasteiger partial charge is 0.317 e. The van der Waals surface area contributed by atoms with E-state index in [2.05, 4.69) is 36.3 Å². The van der Waals surface area contributed by atoms with Gasteiger partial charge in [0.25, 0.3) is 0 Å². The third-order valence-corrected chi connectivity index (χ3v) is 4.82. The van der Waals surface area contributed by atoms with Crippen LogP contribution in [0.4, 0.5) is 4.79 Å². The van der Waals surface area contributed by atoms with E-state index in [0.717, 1.165) is 53.1 Å². The Hall–Kier alpha value is -1.68. The molecule has 0 spiro atoms. The molecule has 0 atom stereocenters. The summed E-state index contributed by atoms with van der Waals surface area (Å²) in [5.41, 5.74) is 3.22. The average Bonchev–Trinajstić information content (AvgIpc) is 3.03. The molecule has 1 fully saturated rings. The van der Waals surface area contributed by atoms with Crippen molar-refractivity contribution in [2.24, 2.45) is 0 Å². The Morgan fingerprint density at radius 1 is 1.20 bits per heavy atom. The van der Waals surface area contributed by atoms with Crippen molar-refractivity contribution in [3.63, 3.8) is 0 Å². The van der Waals surface area contributed by atoms with Crippen molar-refractivity contribution in [2.45, 2.75) is 59.4 Å². The van der Waals surface area contributed by atoms with E-state index in [9.17, 15) is 4.79 Å². The zero-order valence-corrected chi connectivity index (χ0v) is 16.5. The summed E-state index contributed by atoms with van der Waals surface area (Å²) in [6.07, 6.45) is 3.44. The van der Waals surface area contributed by atoms with Crippen molar-refractivity contribution in [1.29, 1.82) is 0 Å². The Kier molecular flexibility index (Phi) is 7.18. The van der Waals surface area contributed by atoms with Gasteiger partial charge in [-0.05, 0) is 48.9 Å². The molecule has 1 aromatic heterocycles. The van der Waals surface area contributed by atoms with Crippen molar-refractivity contribution >= 4 is 28.5 Å². The number of carbonyl (C=O) groups excluding carboxylic acids is 1. The number of benzene rings is 1. The summed E-state index contributed by atoms with van der Waals surface area (Å²) in [4.78, 5) is 17.5. The summed E-state index contributed by atoms with van der Waals surface area (Å²) in [5.74, 6) is 0.387. The fourth-order valence-electron chi connectivity index (χ4n) is 3.15. The van der Waals surface area contributed by atoms with E-state index >= 15 is 0 Å². The van der Waals surface area contributed by atoms with Crippen LogP contribution in [0, 0.1) is 0 Å². The van der Waals surface area contributed by atoms with Crippen LogP contribution in [0.1, 0.15) is 64.1 Å². The largest absolute Gasteiger partial charge is 0.357 e. The fraction of sp³-hybridized carbons (Fsp3) is 0.550. The first-order valence-electron chi connectivity index (χ1n) is 9.38. The van der Waals surface area contributed by atoms with Crippen molar-refractivity contribution in [2.75, 3.05) is 13.1 Å². The molecule has 0 radical (unpaired) electrons. The summed E-state index contributed by atoms with van der Waals surface area (Å²) in [6, 6.07) is 6.20. The maximum atomic E-state index is 12.2. The lowest BCUT2D eigenvalue weighted by molar-refractivity contribution is 0.186. The molecule has 0 bridgehead atoms. The molecule has 2 amide bonds.